The predicted octanol–water partition coefficient (Wildman–Crippen LogP) is 1.56. The number of carbonyl (C=O) groups is 3. The summed E-state index contributed by atoms with van der Waals surface area (Å²) in [6.45, 7) is 1.43. The number of hydrogen-bond acceptors (Lipinski definition) is 9. The fourth-order valence-corrected chi connectivity index (χ4v) is 6.69. The minimum absolute atomic E-state index is 0.0485. The highest BCUT2D eigenvalue weighted by Gasteiger charge is 2.57. The van der Waals surface area contributed by atoms with Gasteiger partial charge in [0.2, 0.25) is 11.7 Å². The first-order chi connectivity index (χ1) is 19.0. The number of aromatic hydroxyl groups is 1. The molecule has 1 heterocycles. The van der Waals surface area contributed by atoms with Crippen molar-refractivity contribution in [3.63, 3.8) is 0 Å². The lowest BCUT2D eigenvalue weighted by atomic mass is 9.61. The Morgan fingerprint density at radius 1 is 1.15 bits per heavy atom. The van der Waals surface area contributed by atoms with Crippen molar-refractivity contribution in [3.8, 4) is 5.75 Å². The van der Waals surface area contributed by atoms with E-state index in [0.717, 1.165) is 5.69 Å². The highest BCUT2D eigenvalue weighted by Crippen LogP contribution is 2.51. The molecule has 1 saturated carbocycles. The number of anilines is 1. The van der Waals surface area contributed by atoms with E-state index in [2.05, 4.69) is 17.0 Å². The Morgan fingerprint density at radius 2 is 1.80 bits per heavy atom. The molecule has 1 aliphatic heterocycles. The number of aliphatic hydroxyl groups excluding tert-OH is 2. The summed E-state index contributed by atoms with van der Waals surface area (Å²) in [7, 11) is 3.72. The molecule has 0 radical (unpaired) electrons. The van der Waals surface area contributed by atoms with Crippen LogP contribution in [0.1, 0.15) is 47.1 Å². The monoisotopic (exact) mass is 549 g/mol. The van der Waals surface area contributed by atoms with Gasteiger partial charge in [0.05, 0.1) is 12.0 Å². The van der Waals surface area contributed by atoms with Crippen molar-refractivity contribution in [3.05, 3.63) is 63.7 Å². The largest absolute Gasteiger partial charge is 0.507 e. The summed E-state index contributed by atoms with van der Waals surface area (Å²) in [5.74, 6) is -5.22. The third kappa shape index (κ3) is 4.46. The molecule has 0 unspecified atom stereocenters. The standard InChI is InChI=1S/C30H35N3O7/c1-32(2)22-11-19(15-33-13-16-5-3-4-6-17(16)14-33)27(37)26-21(22)10-18-9-20(7-8-34)30(40,23(35)12-24(31)36)29(39)25(18)28(26)38/h3-6,11,18,20,34,37-38,40H,7-10,12-15H2,1-2H3,(H2,31,36)/t18-,20-,30-/m1/s1. The minimum atomic E-state index is -2.62. The predicted molar refractivity (Wildman–Crippen MR) is 147 cm³/mol. The van der Waals surface area contributed by atoms with Gasteiger partial charge in [-0.05, 0) is 47.9 Å². The molecule has 1 amide bonds. The second kappa shape index (κ2) is 10.3. The molecule has 3 aliphatic rings. The molecule has 0 aromatic heterocycles. The lowest BCUT2D eigenvalue weighted by Gasteiger charge is -2.44. The summed E-state index contributed by atoms with van der Waals surface area (Å²) in [5.41, 5.74) is 6.98. The average molecular weight is 550 g/mol. The zero-order valence-corrected chi connectivity index (χ0v) is 22.7. The third-order valence-corrected chi connectivity index (χ3v) is 8.58. The Hall–Kier alpha value is -3.73. The molecule has 40 heavy (non-hydrogen) atoms. The molecule has 6 N–H and O–H groups in total. The van der Waals surface area contributed by atoms with Crippen molar-refractivity contribution in [2.24, 2.45) is 17.6 Å². The summed E-state index contributed by atoms with van der Waals surface area (Å²) < 4.78 is 0. The number of phenols is 1. The van der Waals surface area contributed by atoms with Gasteiger partial charge in [-0.15, -0.1) is 0 Å². The van der Waals surface area contributed by atoms with Crippen LogP contribution < -0.4 is 10.6 Å². The number of primary amides is 1. The number of hydrogen-bond donors (Lipinski definition) is 5. The van der Waals surface area contributed by atoms with E-state index in [1.54, 1.807) is 0 Å². The third-order valence-electron chi connectivity index (χ3n) is 8.58. The molecule has 2 aromatic carbocycles. The highest BCUT2D eigenvalue weighted by atomic mass is 16.3. The molecular formula is C30H35N3O7. The lowest BCUT2D eigenvalue weighted by Crippen LogP contribution is -2.59. The fraction of sp³-hybridized carbons (Fsp3) is 0.433. The van der Waals surface area contributed by atoms with E-state index in [0.29, 0.717) is 30.8 Å². The van der Waals surface area contributed by atoms with Crippen molar-refractivity contribution in [2.45, 2.75) is 50.9 Å². The first-order valence-electron chi connectivity index (χ1n) is 13.4. The first-order valence-corrected chi connectivity index (χ1v) is 13.4. The Balaban J connectivity index is 1.59. The van der Waals surface area contributed by atoms with Crippen LogP contribution in [0.15, 0.2) is 35.9 Å². The zero-order chi connectivity index (χ0) is 28.9. The Bertz CT molecular complexity index is 1410. The first kappa shape index (κ1) is 27.8. The van der Waals surface area contributed by atoms with Crippen molar-refractivity contribution in [1.29, 1.82) is 0 Å². The van der Waals surface area contributed by atoms with Crippen molar-refractivity contribution in [2.75, 3.05) is 25.6 Å². The molecule has 212 valence electrons. The Labute approximate surface area is 232 Å². The molecule has 5 rings (SSSR count). The van der Waals surface area contributed by atoms with Gasteiger partial charge in [-0.1, -0.05) is 24.3 Å². The molecule has 2 aliphatic carbocycles. The summed E-state index contributed by atoms with van der Waals surface area (Å²) in [6, 6.07) is 10.0. The van der Waals surface area contributed by atoms with Crippen LogP contribution in [0, 0.1) is 11.8 Å². The molecule has 10 heteroatoms. The van der Waals surface area contributed by atoms with Crippen LogP contribution in [-0.2, 0) is 40.4 Å². The number of benzene rings is 2. The molecule has 0 bridgehead atoms. The van der Waals surface area contributed by atoms with E-state index in [1.807, 2.05) is 37.2 Å². The van der Waals surface area contributed by atoms with E-state index in [4.69, 9.17) is 5.73 Å². The summed E-state index contributed by atoms with van der Waals surface area (Å²) in [6.07, 6.45) is -0.502. The van der Waals surface area contributed by atoms with Crippen LogP contribution in [-0.4, -0.2) is 69.1 Å². The van der Waals surface area contributed by atoms with Crippen LogP contribution in [0.3, 0.4) is 0 Å². The number of amides is 1. The van der Waals surface area contributed by atoms with Gasteiger partial charge in [0.1, 0.15) is 11.5 Å². The quantitative estimate of drug-likeness (QED) is 0.307. The number of aliphatic hydroxyl groups is 3. The van der Waals surface area contributed by atoms with E-state index in [1.165, 1.54) is 11.1 Å². The smallest absolute Gasteiger partial charge is 0.225 e. The van der Waals surface area contributed by atoms with Gasteiger partial charge in [0.15, 0.2) is 11.4 Å². The number of Topliss-reactive ketones (excluding diaryl/α,β-unsaturated/α-hetero) is 2. The SMILES string of the molecule is CN(C)c1cc(CN2Cc3ccccc3C2)c(O)c2c1C[C@H]1C[C@@H](CCO)[C@@](O)(C(=O)CC(N)=O)C(=O)C1=C2O. The topological polar surface area (TPSA) is 165 Å². The number of phenolic OH excluding ortho intramolecular Hbond substituents is 1. The Kier molecular flexibility index (Phi) is 7.20. The molecule has 3 atom stereocenters. The Morgan fingerprint density at radius 3 is 2.38 bits per heavy atom. The summed E-state index contributed by atoms with van der Waals surface area (Å²) in [5, 5.41) is 44.1. The number of nitrogens with two attached hydrogens (primary N) is 1. The molecular weight excluding hydrogens is 514 g/mol. The maximum Gasteiger partial charge on any atom is 0.225 e. The van der Waals surface area contributed by atoms with Gasteiger partial charge in [0.25, 0.3) is 0 Å². The van der Waals surface area contributed by atoms with E-state index < -0.39 is 47.1 Å². The molecule has 10 nitrogen and oxygen atoms in total. The normalized spacial score (nSPS) is 23.9. The number of ketones is 2. The van der Waals surface area contributed by atoms with Crippen molar-refractivity contribution >= 4 is 28.9 Å². The van der Waals surface area contributed by atoms with Crippen LogP contribution in [0.5, 0.6) is 5.75 Å². The van der Waals surface area contributed by atoms with Crippen LogP contribution in [0.25, 0.3) is 5.76 Å². The fourth-order valence-electron chi connectivity index (χ4n) is 6.69. The van der Waals surface area contributed by atoms with E-state index in [9.17, 15) is 34.8 Å². The minimum Gasteiger partial charge on any atom is -0.507 e. The van der Waals surface area contributed by atoms with Crippen LogP contribution in [0.2, 0.25) is 0 Å². The van der Waals surface area contributed by atoms with Gasteiger partial charge >= 0.3 is 0 Å². The second-order valence-corrected chi connectivity index (χ2v) is 11.3. The number of nitrogens with zero attached hydrogens (tertiary/aromatic N) is 2. The van der Waals surface area contributed by atoms with Gasteiger partial charge < -0.3 is 31.1 Å². The molecule has 0 spiro atoms. The number of carbonyl (C=O) groups excluding carboxylic acids is 3. The summed E-state index contributed by atoms with van der Waals surface area (Å²) >= 11 is 0. The van der Waals surface area contributed by atoms with Gasteiger partial charge in [-0.25, -0.2) is 0 Å². The highest BCUT2D eigenvalue weighted by molar-refractivity contribution is 6.23. The lowest BCUT2D eigenvalue weighted by molar-refractivity contribution is -0.159. The maximum atomic E-state index is 13.8. The van der Waals surface area contributed by atoms with Crippen LogP contribution >= 0.6 is 0 Å². The van der Waals surface area contributed by atoms with E-state index in [-0.39, 0.29) is 42.8 Å². The molecule has 1 fully saturated rings. The van der Waals surface area contributed by atoms with Crippen molar-refractivity contribution < 1.29 is 34.8 Å². The van der Waals surface area contributed by atoms with Crippen molar-refractivity contribution in [1.82, 2.24) is 4.90 Å². The van der Waals surface area contributed by atoms with E-state index >= 15 is 0 Å². The second-order valence-electron chi connectivity index (χ2n) is 11.3. The maximum absolute atomic E-state index is 13.8. The van der Waals surface area contributed by atoms with Gasteiger partial charge in [-0.2, -0.15) is 0 Å². The van der Waals surface area contributed by atoms with Gasteiger partial charge in [-0.3, -0.25) is 19.3 Å². The molecule has 0 saturated heterocycles. The number of fused-ring (bicyclic) bond motifs is 3. The van der Waals surface area contributed by atoms with Gasteiger partial charge in [0, 0.05) is 63.1 Å². The summed E-state index contributed by atoms with van der Waals surface area (Å²) in [4.78, 5) is 42.4. The number of rotatable bonds is 8. The zero-order valence-electron chi connectivity index (χ0n) is 22.7. The van der Waals surface area contributed by atoms with Crippen LogP contribution in [0.4, 0.5) is 5.69 Å². The average Bonchev–Trinajstić information content (AvgIpc) is 3.30. The molecule has 2 aromatic rings.